The van der Waals surface area contributed by atoms with Gasteiger partial charge in [-0.2, -0.15) is 5.10 Å². The van der Waals surface area contributed by atoms with E-state index in [-0.39, 0.29) is 10.6 Å². The summed E-state index contributed by atoms with van der Waals surface area (Å²) in [6, 6.07) is 1.37. The molecular weight excluding hydrogens is 297 g/mol. The highest BCUT2D eigenvalue weighted by molar-refractivity contribution is 9.10. The van der Waals surface area contributed by atoms with E-state index in [4.69, 9.17) is 16.7 Å². The van der Waals surface area contributed by atoms with Crippen molar-refractivity contribution in [1.29, 1.82) is 0 Å². The average molecular weight is 303 g/mol. The van der Waals surface area contributed by atoms with Crippen molar-refractivity contribution < 1.29 is 9.90 Å². The van der Waals surface area contributed by atoms with Crippen LogP contribution in [0.1, 0.15) is 10.4 Å². The molecule has 0 aliphatic rings. The van der Waals surface area contributed by atoms with Crippen LogP contribution in [-0.4, -0.2) is 25.8 Å². The second-order valence-corrected chi connectivity index (χ2v) is 4.25. The molecule has 0 bridgehead atoms. The third-order valence-electron chi connectivity index (χ3n) is 1.86. The zero-order chi connectivity index (χ0) is 11.7. The second-order valence-electron chi connectivity index (χ2n) is 2.93. The molecule has 2 aromatic rings. The van der Waals surface area contributed by atoms with Gasteiger partial charge >= 0.3 is 5.97 Å². The second kappa shape index (κ2) is 4.23. The summed E-state index contributed by atoms with van der Waals surface area (Å²) in [5.74, 6) is -0.702. The van der Waals surface area contributed by atoms with Crippen LogP contribution < -0.4 is 0 Å². The maximum atomic E-state index is 10.9. The highest BCUT2D eigenvalue weighted by Gasteiger charge is 2.11. The minimum Gasteiger partial charge on any atom is -0.478 e. The Balaban J connectivity index is 2.51. The Hall–Kier alpha value is -1.40. The van der Waals surface area contributed by atoms with Crippen LogP contribution in [0.15, 0.2) is 29.1 Å². The van der Waals surface area contributed by atoms with E-state index in [9.17, 15) is 4.79 Å². The number of carboxylic acid groups (broad SMARTS) is 1. The summed E-state index contributed by atoms with van der Waals surface area (Å²) in [4.78, 5) is 14.8. The zero-order valence-corrected chi connectivity index (χ0v) is 10.1. The number of aromatic nitrogens is 3. The SMILES string of the molecule is O=C(O)c1cc(-n2cc(Br)cn2)ncc1Cl. The van der Waals surface area contributed by atoms with Crippen LogP contribution in [0.2, 0.25) is 5.02 Å². The molecule has 0 aromatic carbocycles. The summed E-state index contributed by atoms with van der Waals surface area (Å²) < 4.78 is 2.23. The molecule has 0 saturated heterocycles. The van der Waals surface area contributed by atoms with Crippen molar-refractivity contribution in [2.45, 2.75) is 0 Å². The normalized spacial score (nSPS) is 10.4. The van der Waals surface area contributed by atoms with Crippen molar-refractivity contribution in [3.05, 3.63) is 39.7 Å². The van der Waals surface area contributed by atoms with E-state index < -0.39 is 5.97 Å². The fraction of sp³-hybridized carbons (Fsp3) is 0. The van der Waals surface area contributed by atoms with Gasteiger partial charge in [0.2, 0.25) is 0 Å². The third kappa shape index (κ3) is 2.07. The molecule has 0 radical (unpaired) electrons. The van der Waals surface area contributed by atoms with Crippen molar-refractivity contribution in [2.24, 2.45) is 0 Å². The number of carboxylic acids is 1. The molecule has 0 aliphatic heterocycles. The Morgan fingerprint density at radius 2 is 2.25 bits per heavy atom. The summed E-state index contributed by atoms with van der Waals surface area (Å²) in [6.07, 6.45) is 4.54. The van der Waals surface area contributed by atoms with E-state index in [1.807, 2.05) is 0 Å². The lowest BCUT2D eigenvalue weighted by Crippen LogP contribution is -2.03. The molecule has 2 rings (SSSR count). The van der Waals surface area contributed by atoms with E-state index in [0.717, 1.165) is 4.47 Å². The van der Waals surface area contributed by atoms with Crippen molar-refractivity contribution >= 4 is 33.5 Å². The van der Waals surface area contributed by atoms with Crippen LogP contribution in [0.25, 0.3) is 5.82 Å². The van der Waals surface area contributed by atoms with Crippen LogP contribution in [0.4, 0.5) is 0 Å². The molecular formula is C9H5BrClN3O2. The Morgan fingerprint density at radius 1 is 1.50 bits per heavy atom. The fourth-order valence-corrected chi connectivity index (χ4v) is 1.61. The number of hydrogen-bond donors (Lipinski definition) is 1. The van der Waals surface area contributed by atoms with Gasteiger partial charge in [-0.05, 0) is 22.0 Å². The monoisotopic (exact) mass is 301 g/mol. The number of rotatable bonds is 2. The maximum Gasteiger partial charge on any atom is 0.337 e. The van der Waals surface area contributed by atoms with Gasteiger partial charge in [-0.3, -0.25) is 0 Å². The molecule has 1 N–H and O–H groups in total. The first-order chi connectivity index (χ1) is 7.58. The Labute approximate surface area is 104 Å². The number of aromatic carboxylic acids is 1. The molecule has 0 unspecified atom stereocenters. The first-order valence-corrected chi connectivity index (χ1v) is 5.34. The van der Waals surface area contributed by atoms with Crippen LogP contribution in [0.3, 0.4) is 0 Å². The largest absolute Gasteiger partial charge is 0.478 e. The van der Waals surface area contributed by atoms with E-state index in [1.54, 1.807) is 12.4 Å². The lowest BCUT2D eigenvalue weighted by atomic mass is 10.2. The molecule has 0 aliphatic carbocycles. The van der Waals surface area contributed by atoms with Gasteiger partial charge in [-0.1, -0.05) is 11.6 Å². The lowest BCUT2D eigenvalue weighted by Gasteiger charge is -2.02. The predicted molar refractivity (Wildman–Crippen MR) is 61.0 cm³/mol. The Bertz CT molecular complexity index is 555. The highest BCUT2D eigenvalue weighted by atomic mass is 79.9. The number of hydrogen-bond acceptors (Lipinski definition) is 3. The molecule has 16 heavy (non-hydrogen) atoms. The average Bonchev–Trinajstić information content (AvgIpc) is 2.65. The van der Waals surface area contributed by atoms with Gasteiger partial charge in [0, 0.05) is 12.4 Å². The van der Waals surface area contributed by atoms with Crippen molar-refractivity contribution in [2.75, 3.05) is 0 Å². The van der Waals surface area contributed by atoms with Crippen LogP contribution >= 0.6 is 27.5 Å². The summed E-state index contributed by atoms with van der Waals surface area (Å²) in [5, 5.41) is 13.0. The molecule has 2 aromatic heterocycles. The number of nitrogens with zero attached hydrogens (tertiary/aromatic N) is 3. The van der Waals surface area contributed by atoms with Gasteiger partial charge in [0.15, 0.2) is 5.82 Å². The summed E-state index contributed by atoms with van der Waals surface area (Å²) >= 11 is 8.94. The van der Waals surface area contributed by atoms with Crippen molar-refractivity contribution in [1.82, 2.24) is 14.8 Å². The van der Waals surface area contributed by atoms with Gasteiger partial charge in [0.25, 0.3) is 0 Å². The molecule has 0 saturated carbocycles. The fourth-order valence-electron chi connectivity index (χ4n) is 1.14. The zero-order valence-electron chi connectivity index (χ0n) is 7.76. The molecule has 0 spiro atoms. The third-order valence-corrected chi connectivity index (χ3v) is 2.57. The maximum absolute atomic E-state index is 10.9. The smallest absolute Gasteiger partial charge is 0.337 e. The van der Waals surface area contributed by atoms with Crippen molar-refractivity contribution in [3.63, 3.8) is 0 Å². The van der Waals surface area contributed by atoms with E-state index in [1.165, 1.54) is 16.9 Å². The molecule has 7 heteroatoms. The Morgan fingerprint density at radius 3 is 2.81 bits per heavy atom. The Kier molecular flexibility index (Phi) is 2.93. The minimum absolute atomic E-state index is 0.00158. The molecule has 5 nitrogen and oxygen atoms in total. The molecule has 0 atom stereocenters. The van der Waals surface area contributed by atoms with Gasteiger partial charge in [0.1, 0.15) is 0 Å². The standard InChI is InChI=1S/C9H5BrClN3O2/c10-5-2-13-14(4-5)8-1-6(9(15)16)7(11)3-12-8/h1-4H,(H,15,16). The van der Waals surface area contributed by atoms with Gasteiger partial charge < -0.3 is 5.11 Å². The van der Waals surface area contributed by atoms with E-state index in [2.05, 4.69) is 26.0 Å². The van der Waals surface area contributed by atoms with Crippen LogP contribution in [-0.2, 0) is 0 Å². The summed E-state index contributed by atoms with van der Waals surface area (Å²) in [7, 11) is 0. The predicted octanol–water partition coefficient (Wildman–Crippen LogP) is 2.38. The lowest BCUT2D eigenvalue weighted by molar-refractivity contribution is 0.0697. The number of pyridine rings is 1. The van der Waals surface area contributed by atoms with Gasteiger partial charge in [0.05, 0.1) is 21.3 Å². The molecule has 0 amide bonds. The highest BCUT2D eigenvalue weighted by Crippen LogP contribution is 2.18. The number of halogens is 2. The van der Waals surface area contributed by atoms with Gasteiger partial charge in [-0.15, -0.1) is 0 Å². The molecule has 82 valence electrons. The first kappa shape index (κ1) is 11.1. The van der Waals surface area contributed by atoms with Crippen LogP contribution in [0, 0.1) is 0 Å². The van der Waals surface area contributed by atoms with Crippen LogP contribution in [0.5, 0.6) is 0 Å². The van der Waals surface area contributed by atoms with Crippen molar-refractivity contribution in [3.8, 4) is 5.82 Å². The topological polar surface area (TPSA) is 68.0 Å². The quantitative estimate of drug-likeness (QED) is 0.925. The van der Waals surface area contributed by atoms with Gasteiger partial charge in [-0.25, -0.2) is 14.5 Å². The molecule has 2 heterocycles. The first-order valence-electron chi connectivity index (χ1n) is 4.17. The minimum atomic E-state index is -1.10. The van der Waals surface area contributed by atoms with E-state index in [0.29, 0.717) is 5.82 Å². The van der Waals surface area contributed by atoms with E-state index >= 15 is 0 Å². The summed E-state index contributed by atoms with van der Waals surface area (Å²) in [6.45, 7) is 0. The summed E-state index contributed by atoms with van der Waals surface area (Å²) in [5.41, 5.74) is -0.00158. The molecule has 0 fully saturated rings. The number of carbonyl (C=O) groups is 1.